The number of aromatic carboxylic acids is 1. The van der Waals surface area contributed by atoms with E-state index in [1.807, 2.05) is 11.8 Å². The Morgan fingerprint density at radius 2 is 2.05 bits per heavy atom. The Morgan fingerprint density at radius 3 is 2.67 bits per heavy atom. The van der Waals surface area contributed by atoms with E-state index in [2.05, 4.69) is 32.8 Å². The number of rotatable bonds is 8. The summed E-state index contributed by atoms with van der Waals surface area (Å²) in [6.07, 6.45) is 5.29. The third-order valence-electron chi connectivity index (χ3n) is 2.78. The van der Waals surface area contributed by atoms with E-state index >= 15 is 0 Å². The molecule has 21 heavy (non-hydrogen) atoms. The number of carboxylic acid groups (broad SMARTS) is 1. The Morgan fingerprint density at radius 1 is 1.29 bits per heavy atom. The van der Waals surface area contributed by atoms with Gasteiger partial charge >= 0.3 is 12.0 Å². The molecule has 1 rings (SSSR count). The zero-order chi connectivity index (χ0) is 15.7. The van der Waals surface area contributed by atoms with Crippen LogP contribution >= 0.6 is 27.7 Å². The maximum absolute atomic E-state index is 11.7. The molecule has 0 bridgehead atoms. The topological polar surface area (TPSA) is 78.4 Å². The number of amides is 2. The summed E-state index contributed by atoms with van der Waals surface area (Å²) in [6.45, 7) is 0.630. The smallest absolute Gasteiger partial charge is 0.335 e. The summed E-state index contributed by atoms with van der Waals surface area (Å²) in [7, 11) is 0. The minimum absolute atomic E-state index is 0.168. The van der Waals surface area contributed by atoms with Crippen molar-refractivity contribution in [3.05, 3.63) is 28.2 Å². The third kappa shape index (κ3) is 6.86. The molecule has 5 nitrogen and oxygen atoms in total. The lowest BCUT2D eigenvalue weighted by atomic mass is 10.2. The van der Waals surface area contributed by atoms with Crippen LogP contribution in [0.5, 0.6) is 0 Å². The molecule has 0 fully saturated rings. The van der Waals surface area contributed by atoms with Crippen molar-refractivity contribution in [2.45, 2.75) is 19.3 Å². The number of thioether (sulfide) groups is 1. The van der Waals surface area contributed by atoms with Crippen LogP contribution in [0.4, 0.5) is 10.5 Å². The summed E-state index contributed by atoms with van der Waals surface area (Å²) < 4.78 is 0.539. The van der Waals surface area contributed by atoms with Crippen molar-refractivity contribution in [3.8, 4) is 0 Å². The van der Waals surface area contributed by atoms with Crippen molar-refractivity contribution in [2.24, 2.45) is 0 Å². The summed E-state index contributed by atoms with van der Waals surface area (Å²) in [5.74, 6) is 0.145. The van der Waals surface area contributed by atoms with Crippen molar-refractivity contribution >= 4 is 45.4 Å². The monoisotopic (exact) mass is 374 g/mol. The molecule has 0 unspecified atom stereocenters. The van der Waals surface area contributed by atoms with Crippen molar-refractivity contribution in [2.75, 3.05) is 23.9 Å². The number of nitrogens with one attached hydrogen (secondary N) is 2. The maximum atomic E-state index is 11.7. The van der Waals surface area contributed by atoms with Crippen LogP contribution in [0.25, 0.3) is 0 Å². The first-order valence-corrected chi connectivity index (χ1v) is 8.80. The first-order valence-electron chi connectivity index (χ1n) is 6.61. The number of benzene rings is 1. The average molecular weight is 375 g/mol. The molecule has 1 aromatic carbocycles. The highest BCUT2D eigenvalue weighted by molar-refractivity contribution is 9.10. The summed E-state index contributed by atoms with van der Waals surface area (Å²) in [4.78, 5) is 22.5. The summed E-state index contributed by atoms with van der Waals surface area (Å²) in [6, 6.07) is 4.18. The first kappa shape index (κ1) is 17.8. The Bertz CT molecular complexity index is 497. The minimum atomic E-state index is -1.00. The van der Waals surface area contributed by atoms with Gasteiger partial charge in [0.2, 0.25) is 0 Å². The fourth-order valence-electron chi connectivity index (χ4n) is 1.67. The Labute approximate surface area is 137 Å². The van der Waals surface area contributed by atoms with Crippen molar-refractivity contribution in [1.29, 1.82) is 0 Å². The van der Waals surface area contributed by atoms with E-state index in [0.717, 1.165) is 25.0 Å². The van der Waals surface area contributed by atoms with E-state index < -0.39 is 5.97 Å². The van der Waals surface area contributed by atoms with E-state index in [1.165, 1.54) is 12.1 Å². The highest BCUT2D eigenvalue weighted by Crippen LogP contribution is 2.23. The van der Waals surface area contributed by atoms with Crippen LogP contribution in [0, 0.1) is 0 Å². The van der Waals surface area contributed by atoms with Gasteiger partial charge < -0.3 is 15.7 Å². The lowest BCUT2D eigenvalue weighted by molar-refractivity contribution is 0.0697. The lowest BCUT2D eigenvalue weighted by Crippen LogP contribution is -2.29. The van der Waals surface area contributed by atoms with Gasteiger partial charge in [-0.1, -0.05) is 6.42 Å². The van der Waals surface area contributed by atoms with E-state index in [0.29, 0.717) is 16.7 Å². The molecule has 1 aromatic rings. The quantitative estimate of drug-likeness (QED) is 0.604. The minimum Gasteiger partial charge on any atom is -0.478 e. The number of unbranched alkanes of at least 4 members (excludes halogenated alkanes) is 2. The second kappa shape index (κ2) is 9.68. The molecule has 0 radical (unpaired) electrons. The van der Waals surface area contributed by atoms with Crippen molar-refractivity contribution < 1.29 is 14.7 Å². The molecule has 0 saturated carbocycles. The lowest BCUT2D eigenvalue weighted by Gasteiger charge is -2.09. The van der Waals surface area contributed by atoms with Gasteiger partial charge in [-0.3, -0.25) is 0 Å². The first-order chi connectivity index (χ1) is 10.0. The molecule has 116 valence electrons. The Hall–Kier alpha value is -1.21. The zero-order valence-corrected chi connectivity index (χ0v) is 14.2. The van der Waals surface area contributed by atoms with E-state index in [9.17, 15) is 9.59 Å². The predicted octanol–water partition coefficient (Wildman–Crippen LogP) is 3.80. The maximum Gasteiger partial charge on any atom is 0.335 e. The van der Waals surface area contributed by atoms with Gasteiger partial charge in [0, 0.05) is 11.0 Å². The van der Waals surface area contributed by atoms with Gasteiger partial charge in [0.1, 0.15) is 0 Å². The number of hydrogen-bond donors (Lipinski definition) is 3. The van der Waals surface area contributed by atoms with Gasteiger partial charge in [-0.05, 0) is 59.0 Å². The van der Waals surface area contributed by atoms with Crippen molar-refractivity contribution in [3.63, 3.8) is 0 Å². The molecule has 3 N–H and O–H groups in total. The molecule has 0 aliphatic carbocycles. The molecule has 0 aromatic heterocycles. The average Bonchev–Trinajstić information content (AvgIpc) is 2.44. The fourth-order valence-corrected chi connectivity index (χ4v) is 2.64. The molecule has 0 saturated heterocycles. The molecular formula is C14H19BrN2O3S. The van der Waals surface area contributed by atoms with E-state index in [1.54, 1.807) is 6.07 Å². The third-order valence-corrected chi connectivity index (χ3v) is 4.13. The van der Waals surface area contributed by atoms with Crippen LogP contribution in [0.1, 0.15) is 29.6 Å². The van der Waals surface area contributed by atoms with Crippen LogP contribution in [-0.2, 0) is 0 Å². The molecule has 7 heteroatoms. The Balaban J connectivity index is 2.36. The number of carbonyl (C=O) groups is 2. The molecule has 0 heterocycles. The van der Waals surface area contributed by atoms with Gasteiger partial charge in [0.05, 0.1) is 11.3 Å². The van der Waals surface area contributed by atoms with E-state index in [-0.39, 0.29) is 11.6 Å². The summed E-state index contributed by atoms with van der Waals surface area (Å²) in [5, 5.41) is 14.3. The van der Waals surface area contributed by atoms with Gasteiger partial charge in [0.15, 0.2) is 0 Å². The Kier molecular flexibility index (Phi) is 8.22. The molecule has 0 aliphatic rings. The second-order valence-corrected chi connectivity index (χ2v) is 6.27. The van der Waals surface area contributed by atoms with E-state index in [4.69, 9.17) is 5.11 Å². The normalized spacial score (nSPS) is 10.2. The van der Waals surface area contributed by atoms with Crippen LogP contribution in [0.15, 0.2) is 22.7 Å². The SMILES string of the molecule is CSCCCCCNC(=O)Nc1ccc(C(=O)O)cc1Br. The highest BCUT2D eigenvalue weighted by Gasteiger charge is 2.08. The standard InChI is InChI=1S/C14H19BrN2O3S/c1-21-8-4-2-3-7-16-14(20)17-12-6-5-10(13(18)19)9-11(12)15/h5-6,9H,2-4,7-8H2,1H3,(H,18,19)(H2,16,17,20). The summed E-state index contributed by atoms with van der Waals surface area (Å²) in [5.41, 5.74) is 0.710. The molecule has 2 amide bonds. The van der Waals surface area contributed by atoms with Gasteiger partial charge in [-0.25, -0.2) is 9.59 Å². The van der Waals surface area contributed by atoms with Crippen LogP contribution in [0.2, 0.25) is 0 Å². The van der Waals surface area contributed by atoms with Gasteiger partial charge in [-0.2, -0.15) is 11.8 Å². The number of anilines is 1. The fraction of sp³-hybridized carbons (Fsp3) is 0.429. The van der Waals surface area contributed by atoms with Gasteiger partial charge in [0.25, 0.3) is 0 Å². The molecule has 0 aliphatic heterocycles. The second-order valence-electron chi connectivity index (χ2n) is 4.43. The van der Waals surface area contributed by atoms with Crippen LogP contribution in [0.3, 0.4) is 0 Å². The van der Waals surface area contributed by atoms with Crippen LogP contribution in [-0.4, -0.2) is 35.7 Å². The summed E-state index contributed by atoms with van der Waals surface area (Å²) >= 11 is 5.07. The molecule has 0 atom stereocenters. The zero-order valence-electron chi connectivity index (χ0n) is 11.8. The molecular weight excluding hydrogens is 356 g/mol. The molecule has 0 spiro atoms. The number of urea groups is 1. The number of carboxylic acids is 1. The predicted molar refractivity (Wildman–Crippen MR) is 90.4 cm³/mol. The number of halogens is 1. The largest absolute Gasteiger partial charge is 0.478 e. The van der Waals surface area contributed by atoms with Crippen LogP contribution < -0.4 is 10.6 Å². The number of carbonyl (C=O) groups excluding carboxylic acids is 1. The van der Waals surface area contributed by atoms with Gasteiger partial charge in [-0.15, -0.1) is 0 Å². The van der Waals surface area contributed by atoms with Crippen molar-refractivity contribution in [1.82, 2.24) is 5.32 Å². The highest BCUT2D eigenvalue weighted by atomic mass is 79.9. The number of hydrogen-bond acceptors (Lipinski definition) is 3.